The normalized spacial score (nSPS) is 10.6. The number of benzene rings is 1. The zero-order chi connectivity index (χ0) is 15.3. The average molecular weight is 290 g/mol. The van der Waals surface area contributed by atoms with Crippen LogP contribution in [-0.4, -0.2) is 13.1 Å². The van der Waals surface area contributed by atoms with Gasteiger partial charge in [0.05, 0.1) is 7.11 Å². The van der Waals surface area contributed by atoms with Crippen LogP contribution in [0.4, 0.5) is 0 Å². The van der Waals surface area contributed by atoms with E-state index in [2.05, 4.69) is 35.9 Å². The van der Waals surface area contributed by atoms with Gasteiger partial charge in [-0.3, -0.25) is 4.79 Å². The first kappa shape index (κ1) is 17.7. The molecular weight excluding hydrogens is 260 g/mol. The highest BCUT2D eigenvalue weighted by Gasteiger charge is 1.99. The van der Waals surface area contributed by atoms with E-state index in [4.69, 9.17) is 0 Å². The summed E-state index contributed by atoms with van der Waals surface area (Å²) in [5.41, 5.74) is 2.92. The van der Waals surface area contributed by atoms with Crippen LogP contribution in [0.15, 0.2) is 24.3 Å². The molecule has 0 unspecified atom stereocenters. The molecule has 0 saturated heterocycles. The lowest BCUT2D eigenvalue weighted by Crippen LogP contribution is -1.99. The van der Waals surface area contributed by atoms with E-state index in [9.17, 15) is 4.79 Å². The number of ether oxygens (including phenoxy) is 1. The Labute approximate surface area is 129 Å². The lowest BCUT2D eigenvalue weighted by atomic mass is 10.0. The summed E-state index contributed by atoms with van der Waals surface area (Å²) >= 11 is 0. The van der Waals surface area contributed by atoms with Gasteiger partial charge in [-0.05, 0) is 37.3 Å². The third kappa shape index (κ3) is 8.54. The lowest BCUT2D eigenvalue weighted by molar-refractivity contribution is -0.140. The van der Waals surface area contributed by atoms with E-state index >= 15 is 0 Å². The zero-order valence-corrected chi connectivity index (χ0v) is 13.7. The van der Waals surface area contributed by atoms with E-state index in [1.165, 1.54) is 63.2 Å². The molecule has 0 aliphatic rings. The summed E-state index contributed by atoms with van der Waals surface area (Å²) in [5, 5.41) is 0. The topological polar surface area (TPSA) is 26.3 Å². The number of unbranched alkanes of at least 4 members (excludes halogenated alkanes) is 7. The standard InChI is InChI=1S/C19H30O2/c1-17-13-11-12-15-18(17)14-9-7-5-3-4-6-8-10-16-19(20)21-2/h11-13,15H,3-10,14,16H2,1-2H3. The monoisotopic (exact) mass is 290 g/mol. The van der Waals surface area contributed by atoms with Crippen LogP contribution in [0.3, 0.4) is 0 Å². The van der Waals surface area contributed by atoms with Gasteiger partial charge in [-0.2, -0.15) is 0 Å². The van der Waals surface area contributed by atoms with Crippen LogP contribution in [0.25, 0.3) is 0 Å². The van der Waals surface area contributed by atoms with Gasteiger partial charge < -0.3 is 4.74 Å². The maximum Gasteiger partial charge on any atom is 0.305 e. The first-order valence-corrected chi connectivity index (χ1v) is 8.35. The second kappa shape index (κ2) is 11.4. The minimum atomic E-state index is -0.0776. The maximum absolute atomic E-state index is 10.9. The highest BCUT2D eigenvalue weighted by atomic mass is 16.5. The molecule has 0 aromatic heterocycles. The Hall–Kier alpha value is -1.31. The molecular formula is C19H30O2. The van der Waals surface area contributed by atoms with Gasteiger partial charge in [-0.25, -0.2) is 0 Å². The first-order chi connectivity index (χ1) is 10.2. The molecule has 0 bridgehead atoms. The Bertz CT molecular complexity index is 398. The molecule has 0 heterocycles. The van der Waals surface area contributed by atoms with E-state index in [1.807, 2.05) is 0 Å². The van der Waals surface area contributed by atoms with Crippen LogP contribution in [0.2, 0.25) is 0 Å². The van der Waals surface area contributed by atoms with Crippen LogP contribution in [0.5, 0.6) is 0 Å². The van der Waals surface area contributed by atoms with Crippen molar-refractivity contribution >= 4 is 5.97 Å². The van der Waals surface area contributed by atoms with Gasteiger partial charge in [0.15, 0.2) is 0 Å². The SMILES string of the molecule is COC(=O)CCCCCCCCCCc1ccccc1C. The fraction of sp³-hybridized carbons (Fsp3) is 0.632. The van der Waals surface area contributed by atoms with Crippen molar-refractivity contribution in [2.75, 3.05) is 7.11 Å². The second-order valence-corrected chi connectivity index (χ2v) is 5.83. The largest absolute Gasteiger partial charge is 0.469 e. The zero-order valence-electron chi connectivity index (χ0n) is 13.7. The van der Waals surface area contributed by atoms with Crippen molar-refractivity contribution < 1.29 is 9.53 Å². The van der Waals surface area contributed by atoms with Gasteiger partial charge in [-0.15, -0.1) is 0 Å². The Kier molecular flexibility index (Phi) is 9.60. The van der Waals surface area contributed by atoms with Crippen LogP contribution < -0.4 is 0 Å². The minimum Gasteiger partial charge on any atom is -0.469 e. The summed E-state index contributed by atoms with van der Waals surface area (Å²) in [5.74, 6) is -0.0776. The van der Waals surface area contributed by atoms with E-state index in [-0.39, 0.29) is 5.97 Å². The Balaban J connectivity index is 1.89. The molecule has 0 saturated carbocycles. The Morgan fingerprint density at radius 3 is 2.10 bits per heavy atom. The molecule has 0 aliphatic heterocycles. The highest BCUT2D eigenvalue weighted by Crippen LogP contribution is 2.14. The predicted molar refractivity (Wildman–Crippen MR) is 88.5 cm³/mol. The van der Waals surface area contributed by atoms with Gasteiger partial charge in [0.1, 0.15) is 0 Å². The molecule has 2 nitrogen and oxygen atoms in total. The smallest absolute Gasteiger partial charge is 0.305 e. The van der Waals surface area contributed by atoms with Gasteiger partial charge in [-0.1, -0.05) is 62.8 Å². The van der Waals surface area contributed by atoms with Crippen LogP contribution in [0, 0.1) is 6.92 Å². The second-order valence-electron chi connectivity index (χ2n) is 5.83. The Morgan fingerprint density at radius 1 is 0.905 bits per heavy atom. The number of hydrogen-bond acceptors (Lipinski definition) is 2. The number of aryl methyl sites for hydroxylation is 2. The third-order valence-electron chi connectivity index (χ3n) is 4.07. The summed E-state index contributed by atoms with van der Waals surface area (Å²) in [6.45, 7) is 2.20. The Morgan fingerprint density at radius 2 is 1.48 bits per heavy atom. The van der Waals surface area contributed by atoms with Crippen molar-refractivity contribution in [3.8, 4) is 0 Å². The number of carbonyl (C=O) groups is 1. The van der Waals surface area contributed by atoms with Gasteiger partial charge in [0.25, 0.3) is 0 Å². The highest BCUT2D eigenvalue weighted by molar-refractivity contribution is 5.68. The number of hydrogen-bond donors (Lipinski definition) is 0. The van der Waals surface area contributed by atoms with E-state index in [0.29, 0.717) is 6.42 Å². The maximum atomic E-state index is 10.9. The number of rotatable bonds is 11. The summed E-state index contributed by atoms with van der Waals surface area (Å²) in [7, 11) is 1.46. The number of carbonyl (C=O) groups excluding carboxylic acids is 1. The minimum absolute atomic E-state index is 0.0776. The molecule has 0 radical (unpaired) electrons. The van der Waals surface area contributed by atoms with Crippen LogP contribution in [-0.2, 0) is 16.0 Å². The fourth-order valence-electron chi connectivity index (χ4n) is 2.64. The summed E-state index contributed by atoms with van der Waals surface area (Å²) in [4.78, 5) is 10.9. The molecule has 0 atom stereocenters. The molecule has 1 aromatic rings. The first-order valence-electron chi connectivity index (χ1n) is 8.35. The molecule has 118 valence electrons. The molecule has 0 spiro atoms. The van der Waals surface area contributed by atoms with Crippen LogP contribution >= 0.6 is 0 Å². The van der Waals surface area contributed by atoms with Gasteiger partial charge in [0.2, 0.25) is 0 Å². The third-order valence-corrected chi connectivity index (χ3v) is 4.07. The number of methoxy groups -OCH3 is 1. The van der Waals surface area contributed by atoms with Crippen molar-refractivity contribution in [1.82, 2.24) is 0 Å². The molecule has 2 heteroatoms. The lowest BCUT2D eigenvalue weighted by Gasteiger charge is -2.05. The van der Waals surface area contributed by atoms with E-state index in [0.717, 1.165) is 12.8 Å². The molecule has 0 amide bonds. The van der Waals surface area contributed by atoms with Crippen LogP contribution in [0.1, 0.15) is 68.9 Å². The molecule has 21 heavy (non-hydrogen) atoms. The molecule has 0 fully saturated rings. The van der Waals surface area contributed by atoms with Crippen molar-refractivity contribution in [2.24, 2.45) is 0 Å². The molecule has 0 aliphatic carbocycles. The van der Waals surface area contributed by atoms with Crippen molar-refractivity contribution in [2.45, 2.75) is 71.1 Å². The summed E-state index contributed by atoms with van der Waals surface area (Å²) in [6.07, 6.45) is 11.7. The molecule has 0 N–H and O–H groups in total. The fourth-order valence-corrected chi connectivity index (χ4v) is 2.64. The quantitative estimate of drug-likeness (QED) is 0.412. The summed E-state index contributed by atoms with van der Waals surface area (Å²) < 4.78 is 4.63. The van der Waals surface area contributed by atoms with Crippen molar-refractivity contribution in [3.63, 3.8) is 0 Å². The molecule has 1 aromatic carbocycles. The van der Waals surface area contributed by atoms with Crippen molar-refractivity contribution in [1.29, 1.82) is 0 Å². The van der Waals surface area contributed by atoms with Gasteiger partial charge >= 0.3 is 5.97 Å². The van der Waals surface area contributed by atoms with E-state index in [1.54, 1.807) is 0 Å². The predicted octanol–water partition coefficient (Wildman–Crippen LogP) is 5.22. The average Bonchev–Trinajstić information content (AvgIpc) is 2.50. The summed E-state index contributed by atoms with van der Waals surface area (Å²) in [6, 6.07) is 8.69. The van der Waals surface area contributed by atoms with Crippen molar-refractivity contribution in [3.05, 3.63) is 35.4 Å². The van der Waals surface area contributed by atoms with Gasteiger partial charge in [0, 0.05) is 6.42 Å². The molecule has 1 rings (SSSR count). The number of esters is 1. The van der Waals surface area contributed by atoms with E-state index < -0.39 is 0 Å².